The van der Waals surface area contributed by atoms with Crippen LogP contribution in [0.15, 0.2) is 35.8 Å². The molecule has 1 saturated carbocycles. The molecule has 1 aliphatic carbocycles. The lowest BCUT2D eigenvalue weighted by Crippen LogP contribution is -2.28. The van der Waals surface area contributed by atoms with Gasteiger partial charge in [0.05, 0.1) is 0 Å². The lowest BCUT2D eigenvalue weighted by molar-refractivity contribution is -0.119. The lowest BCUT2D eigenvalue weighted by atomic mass is 10.1. The van der Waals surface area contributed by atoms with Crippen molar-refractivity contribution in [3.05, 3.63) is 46.4 Å². The minimum absolute atomic E-state index is 0.0624. The molecule has 1 aromatic heterocycles. The lowest BCUT2D eigenvalue weighted by Gasteiger charge is -2.13. The van der Waals surface area contributed by atoms with Crippen LogP contribution in [0.5, 0.6) is 0 Å². The maximum Gasteiger partial charge on any atom is 0.232 e. The number of rotatable bonds is 3. The fourth-order valence-electron chi connectivity index (χ4n) is 2.30. The number of nitrogens with zero attached hydrogens (tertiary/aromatic N) is 2. The monoisotopic (exact) mass is 292 g/mol. The maximum atomic E-state index is 12.3. The third kappa shape index (κ3) is 2.51. The van der Waals surface area contributed by atoms with Crippen LogP contribution < -0.4 is 4.90 Å². The molecule has 1 amide bonds. The highest BCUT2D eigenvalue weighted by Crippen LogP contribution is 2.49. The number of amides is 1. The topological polar surface area (TPSA) is 33.2 Å². The zero-order valence-electron chi connectivity index (χ0n) is 10.4. The molecule has 0 bridgehead atoms. The van der Waals surface area contributed by atoms with E-state index in [-0.39, 0.29) is 11.8 Å². The van der Waals surface area contributed by atoms with E-state index in [1.807, 2.05) is 29.6 Å². The van der Waals surface area contributed by atoms with Crippen molar-refractivity contribution in [1.82, 2.24) is 4.98 Å². The zero-order chi connectivity index (χ0) is 13.4. The van der Waals surface area contributed by atoms with Crippen LogP contribution in [0, 0.1) is 5.92 Å². The summed E-state index contributed by atoms with van der Waals surface area (Å²) < 4.78 is 0. The second-order valence-electron chi connectivity index (χ2n) is 4.72. The summed E-state index contributed by atoms with van der Waals surface area (Å²) in [4.78, 5) is 18.1. The number of anilines is 1. The molecule has 1 aromatic carbocycles. The van der Waals surface area contributed by atoms with E-state index in [0.717, 1.165) is 22.1 Å². The van der Waals surface area contributed by atoms with Crippen molar-refractivity contribution < 1.29 is 4.79 Å². The highest BCUT2D eigenvalue weighted by atomic mass is 35.5. The van der Waals surface area contributed by atoms with Crippen LogP contribution in [0.1, 0.15) is 17.9 Å². The Bertz CT molecular complexity index is 599. The Morgan fingerprint density at radius 3 is 3.05 bits per heavy atom. The van der Waals surface area contributed by atoms with Gasteiger partial charge in [-0.05, 0) is 30.0 Å². The Balaban J connectivity index is 1.71. The molecule has 0 N–H and O–H groups in total. The van der Waals surface area contributed by atoms with Gasteiger partial charge in [-0.15, -0.1) is 11.3 Å². The van der Waals surface area contributed by atoms with Crippen molar-refractivity contribution in [2.75, 3.05) is 11.9 Å². The number of aromatic nitrogens is 1. The van der Waals surface area contributed by atoms with Crippen LogP contribution >= 0.6 is 22.9 Å². The first-order chi connectivity index (χ1) is 9.16. The van der Waals surface area contributed by atoms with Gasteiger partial charge in [-0.25, -0.2) is 4.98 Å². The molecule has 2 aromatic rings. The van der Waals surface area contributed by atoms with Crippen LogP contribution in [0.2, 0.25) is 5.02 Å². The van der Waals surface area contributed by atoms with Crippen molar-refractivity contribution in [3.63, 3.8) is 0 Å². The fourth-order valence-corrected chi connectivity index (χ4v) is 3.11. The Kier molecular flexibility index (Phi) is 3.29. The summed E-state index contributed by atoms with van der Waals surface area (Å²) in [5, 5.41) is 3.35. The van der Waals surface area contributed by atoms with Gasteiger partial charge >= 0.3 is 0 Å². The molecule has 19 heavy (non-hydrogen) atoms. The minimum atomic E-state index is 0.0624. The predicted molar refractivity (Wildman–Crippen MR) is 77.8 cm³/mol. The molecule has 1 heterocycles. The molecule has 0 aliphatic heterocycles. The van der Waals surface area contributed by atoms with E-state index in [4.69, 9.17) is 11.6 Å². The largest absolute Gasteiger partial charge is 0.291 e. The van der Waals surface area contributed by atoms with Crippen LogP contribution in [0.25, 0.3) is 0 Å². The standard InChI is InChI=1S/C14H13ClN2OS/c1-17(14-16-5-6-19-14)13(18)12-8-11(12)9-3-2-4-10(15)7-9/h2-7,11-12H,8H2,1H3/t11-,12+/m1/s1. The van der Waals surface area contributed by atoms with Crippen molar-refractivity contribution >= 4 is 34.0 Å². The Labute approximate surface area is 120 Å². The quantitative estimate of drug-likeness (QED) is 0.866. The molecular formula is C14H13ClN2OS. The maximum absolute atomic E-state index is 12.3. The summed E-state index contributed by atoms with van der Waals surface area (Å²) in [6.07, 6.45) is 2.61. The SMILES string of the molecule is CN(C(=O)[C@H]1C[C@@H]1c1cccc(Cl)c1)c1nccs1. The summed E-state index contributed by atoms with van der Waals surface area (Å²) in [5.41, 5.74) is 1.15. The second kappa shape index (κ2) is 4.94. The first-order valence-corrected chi connectivity index (χ1v) is 7.35. The van der Waals surface area contributed by atoms with Gasteiger partial charge in [-0.2, -0.15) is 0 Å². The molecule has 2 atom stereocenters. The fraction of sp³-hybridized carbons (Fsp3) is 0.286. The smallest absolute Gasteiger partial charge is 0.232 e. The van der Waals surface area contributed by atoms with Crippen molar-refractivity contribution in [1.29, 1.82) is 0 Å². The molecule has 1 aliphatic rings. The van der Waals surface area contributed by atoms with Crippen LogP contribution in [-0.4, -0.2) is 17.9 Å². The number of carbonyl (C=O) groups is 1. The van der Waals surface area contributed by atoms with Crippen LogP contribution in [0.4, 0.5) is 5.13 Å². The Hall–Kier alpha value is -1.39. The first kappa shape index (κ1) is 12.6. The second-order valence-corrected chi connectivity index (χ2v) is 6.03. The molecule has 98 valence electrons. The van der Waals surface area contributed by atoms with E-state index < -0.39 is 0 Å². The van der Waals surface area contributed by atoms with Gasteiger partial charge in [0.1, 0.15) is 0 Å². The van der Waals surface area contributed by atoms with Crippen LogP contribution in [0.3, 0.4) is 0 Å². The van der Waals surface area contributed by atoms with Gasteiger partial charge in [-0.3, -0.25) is 9.69 Å². The van der Waals surface area contributed by atoms with Crippen molar-refractivity contribution in [2.24, 2.45) is 5.92 Å². The summed E-state index contributed by atoms with van der Waals surface area (Å²) >= 11 is 7.46. The third-order valence-electron chi connectivity index (χ3n) is 3.42. The molecule has 3 rings (SSSR count). The first-order valence-electron chi connectivity index (χ1n) is 6.09. The Morgan fingerprint density at radius 2 is 2.37 bits per heavy atom. The van der Waals surface area contributed by atoms with Gasteiger partial charge in [0.25, 0.3) is 0 Å². The van der Waals surface area contributed by atoms with Crippen molar-refractivity contribution in [3.8, 4) is 0 Å². The van der Waals surface area contributed by atoms with Gasteiger partial charge < -0.3 is 0 Å². The van der Waals surface area contributed by atoms with Crippen LogP contribution in [-0.2, 0) is 4.79 Å². The predicted octanol–water partition coefficient (Wildman–Crippen LogP) is 3.56. The molecule has 3 nitrogen and oxygen atoms in total. The number of hydrogen-bond donors (Lipinski definition) is 0. The summed E-state index contributed by atoms with van der Waals surface area (Å²) in [6, 6.07) is 7.77. The Morgan fingerprint density at radius 1 is 1.53 bits per heavy atom. The summed E-state index contributed by atoms with van der Waals surface area (Å²) in [6.45, 7) is 0. The van der Waals surface area contributed by atoms with E-state index in [1.165, 1.54) is 11.3 Å². The molecule has 5 heteroatoms. The number of benzene rings is 1. The van der Waals surface area contributed by atoms with Gasteiger partial charge in [-0.1, -0.05) is 23.7 Å². The molecule has 0 radical (unpaired) electrons. The zero-order valence-corrected chi connectivity index (χ0v) is 12.0. The number of thiazole rings is 1. The van der Waals surface area contributed by atoms with Gasteiger partial charge in [0.2, 0.25) is 5.91 Å². The third-order valence-corrected chi connectivity index (χ3v) is 4.50. The highest BCUT2D eigenvalue weighted by molar-refractivity contribution is 7.13. The average Bonchev–Trinajstić information content (AvgIpc) is 3.02. The average molecular weight is 293 g/mol. The normalized spacial score (nSPS) is 21.2. The van der Waals surface area contributed by atoms with Gasteiger partial charge in [0, 0.05) is 29.6 Å². The molecule has 0 spiro atoms. The summed E-state index contributed by atoms with van der Waals surface area (Å²) in [7, 11) is 1.79. The number of carbonyl (C=O) groups excluding carboxylic acids is 1. The van der Waals surface area contributed by atoms with E-state index in [2.05, 4.69) is 4.98 Å². The number of halogens is 1. The molecule has 0 saturated heterocycles. The number of hydrogen-bond acceptors (Lipinski definition) is 3. The van der Waals surface area contributed by atoms with E-state index in [9.17, 15) is 4.79 Å². The van der Waals surface area contributed by atoms with E-state index in [0.29, 0.717) is 5.92 Å². The minimum Gasteiger partial charge on any atom is -0.291 e. The molecular weight excluding hydrogens is 280 g/mol. The highest BCUT2D eigenvalue weighted by Gasteiger charge is 2.45. The van der Waals surface area contributed by atoms with Crippen molar-refractivity contribution in [2.45, 2.75) is 12.3 Å². The summed E-state index contributed by atoms with van der Waals surface area (Å²) in [5.74, 6) is 0.501. The van der Waals surface area contributed by atoms with E-state index >= 15 is 0 Å². The molecule has 1 fully saturated rings. The van der Waals surface area contributed by atoms with Gasteiger partial charge in [0.15, 0.2) is 5.13 Å². The molecule has 0 unspecified atom stereocenters. The van der Waals surface area contributed by atoms with E-state index in [1.54, 1.807) is 18.1 Å².